The zero-order valence-corrected chi connectivity index (χ0v) is 8.55. The summed E-state index contributed by atoms with van der Waals surface area (Å²) in [4.78, 5) is 18.6. The van der Waals surface area contributed by atoms with Gasteiger partial charge in [-0.05, 0) is 19.9 Å². The molecule has 0 bridgehead atoms. The topological polar surface area (TPSA) is 57.8 Å². The molecule has 0 aromatic carbocycles. The molecule has 14 heavy (non-hydrogen) atoms. The molecule has 0 saturated heterocycles. The van der Waals surface area contributed by atoms with E-state index in [4.69, 9.17) is 0 Å². The lowest BCUT2D eigenvalue weighted by atomic mass is 10.1. The molecule has 0 unspecified atom stereocenters. The molecule has 2 N–H and O–H groups in total. The lowest BCUT2D eigenvalue weighted by Gasteiger charge is -2.08. The normalized spacial score (nSPS) is 18.1. The van der Waals surface area contributed by atoms with Crippen molar-refractivity contribution in [2.75, 3.05) is 7.05 Å². The Hall–Kier alpha value is -1.16. The Bertz CT molecular complexity index is 393. The second kappa shape index (κ2) is 3.20. The maximum atomic E-state index is 11.3. The summed E-state index contributed by atoms with van der Waals surface area (Å²) < 4.78 is 0. The smallest absolute Gasteiger partial charge is 0.251 e. The van der Waals surface area contributed by atoms with Gasteiger partial charge in [-0.15, -0.1) is 0 Å². The molecule has 0 aliphatic heterocycles. The Morgan fingerprint density at radius 2 is 2.36 bits per heavy atom. The Labute approximate surface area is 82.8 Å². The molecule has 1 fully saturated rings. The molecule has 0 amide bonds. The lowest BCUT2D eigenvalue weighted by molar-refractivity contribution is 0.677. The van der Waals surface area contributed by atoms with Gasteiger partial charge in [0, 0.05) is 18.0 Å². The molecule has 0 spiro atoms. The van der Waals surface area contributed by atoms with Crippen LogP contribution in [0.15, 0.2) is 10.9 Å². The number of aromatic nitrogens is 2. The standard InChI is InChI=1S/C10H15N3O/c1-10(3-4-10)9-12-7(6-11-2)5-8(14)13-9/h5,11H,3-4,6H2,1-2H3,(H,12,13,14). The summed E-state index contributed by atoms with van der Waals surface area (Å²) in [7, 11) is 1.85. The van der Waals surface area contributed by atoms with Crippen LogP contribution < -0.4 is 10.9 Å². The molecule has 1 aliphatic carbocycles. The van der Waals surface area contributed by atoms with Gasteiger partial charge < -0.3 is 10.3 Å². The Balaban J connectivity index is 2.37. The third kappa shape index (κ3) is 1.70. The van der Waals surface area contributed by atoms with Gasteiger partial charge in [0.05, 0.1) is 5.69 Å². The molecule has 1 saturated carbocycles. The summed E-state index contributed by atoms with van der Waals surface area (Å²) in [5.41, 5.74) is 0.899. The largest absolute Gasteiger partial charge is 0.314 e. The van der Waals surface area contributed by atoms with Crippen molar-refractivity contribution in [1.29, 1.82) is 0 Å². The van der Waals surface area contributed by atoms with E-state index in [1.165, 1.54) is 0 Å². The molecule has 0 radical (unpaired) electrons. The SMILES string of the molecule is CNCc1cc(=O)[nH]c(C2(C)CC2)n1. The maximum Gasteiger partial charge on any atom is 0.251 e. The van der Waals surface area contributed by atoms with Crippen LogP contribution in [0.3, 0.4) is 0 Å². The van der Waals surface area contributed by atoms with E-state index in [2.05, 4.69) is 22.2 Å². The fourth-order valence-electron chi connectivity index (χ4n) is 1.49. The van der Waals surface area contributed by atoms with E-state index in [9.17, 15) is 4.79 Å². The van der Waals surface area contributed by atoms with Gasteiger partial charge in [-0.25, -0.2) is 4.98 Å². The minimum absolute atomic E-state index is 0.0478. The van der Waals surface area contributed by atoms with Gasteiger partial charge in [-0.2, -0.15) is 0 Å². The summed E-state index contributed by atoms with van der Waals surface area (Å²) in [5.74, 6) is 0.843. The molecule has 76 valence electrons. The highest BCUT2D eigenvalue weighted by molar-refractivity contribution is 5.17. The Morgan fingerprint density at radius 3 is 2.93 bits per heavy atom. The predicted octanol–water partition coefficient (Wildman–Crippen LogP) is 0.541. The van der Waals surface area contributed by atoms with Crippen molar-refractivity contribution < 1.29 is 0 Å². The van der Waals surface area contributed by atoms with Gasteiger partial charge >= 0.3 is 0 Å². The molecule has 1 aromatic rings. The maximum absolute atomic E-state index is 11.3. The van der Waals surface area contributed by atoms with E-state index >= 15 is 0 Å². The summed E-state index contributed by atoms with van der Waals surface area (Å²) in [6, 6.07) is 1.55. The van der Waals surface area contributed by atoms with Crippen LogP contribution in [0, 0.1) is 0 Å². The predicted molar refractivity (Wildman–Crippen MR) is 54.2 cm³/mol. The van der Waals surface area contributed by atoms with E-state index < -0.39 is 0 Å². The van der Waals surface area contributed by atoms with Gasteiger partial charge in [-0.1, -0.05) is 6.92 Å². The summed E-state index contributed by atoms with van der Waals surface area (Å²) >= 11 is 0. The number of aromatic amines is 1. The highest BCUT2D eigenvalue weighted by Gasteiger charge is 2.41. The summed E-state index contributed by atoms with van der Waals surface area (Å²) in [6.07, 6.45) is 2.25. The van der Waals surface area contributed by atoms with E-state index in [-0.39, 0.29) is 11.0 Å². The third-order valence-corrected chi connectivity index (χ3v) is 2.72. The van der Waals surface area contributed by atoms with Crippen LogP contribution in [0.4, 0.5) is 0 Å². The first-order valence-corrected chi connectivity index (χ1v) is 4.89. The lowest BCUT2D eigenvalue weighted by Crippen LogP contribution is -2.20. The van der Waals surface area contributed by atoms with Crippen LogP contribution in [-0.4, -0.2) is 17.0 Å². The average Bonchev–Trinajstić information content (AvgIpc) is 2.85. The van der Waals surface area contributed by atoms with Crippen LogP contribution in [0.2, 0.25) is 0 Å². The number of H-pyrrole nitrogens is 1. The van der Waals surface area contributed by atoms with E-state index in [0.717, 1.165) is 24.4 Å². The summed E-state index contributed by atoms with van der Waals surface area (Å²) in [5, 5.41) is 3.00. The Kier molecular flexibility index (Phi) is 2.15. The van der Waals surface area contributed by atoms with Gasteiger partial charge in [0.2, 0.25) is 0 Å². The molecule has 1 heterocycles. The van der Waals surface area contributed by atoms with Crippen molar-refractivity contribution in [2.45, 2.75) is 31.7 Å². The van der Waals surface area contributed by atoms with Gasteiger partial charge in [0.25, 0.3) is 5.56 Å². The van der Waals surface area contributed by atoms with Crippen molar-refractivity contribution in [3.63, 3.8) is 0 Å². The second-order valence-corrected chi connectivity index (χ2v) is 4.18. The van der Waals surface area contributed by atoms with Crippen LogP contribution in [0.25, 0.3) is 0 Å². The fraction of sp³-hybridized carbons (Fsp3) is 0.600. The van der Waals surface area contributed by atoms with Crippen LogP contribution >= 0.6 is 0 Å². The number of rotatable bonds is 3. The van der Waals surface area contributed by atoms with Gasteiger partial charge in [0.15, 0.2) is 0 Å². The van der Waals surface area contributed by atoms with Crippen molar-refractivity contribution in [3.8, 4) is 0 Å². The molecule has 4 heteroatoms. The molecule has 1 aromatic heterocycles. The van der Waals surface area contributed by atoms with Crippen LogP contribution in [0.5, 0.6) is 0 Å². The van der Waals surface area contributed by atoms with Crippen molar-refractivity contribution in [3.05, 3.63) is 27.9 Å². The number of hydrogen-bond donors (Lipinski definition) is 2. The minimum Gasteiger partial charge on any atom is -0.314 e. The fourth-order valence-corrected chi connectivity index (χ4v) is 1.49. The molecule has 0 atom stereocenters. The van der Waals surface area contributed by atoms with Crippen molar-refractivity contribution in [2.24, 2.45) is 0 Å². The molecule has 4 nitrogen and oxygen atoms in total. The van der Waals surface area contributed by atoms with Gasteiger partial charge in [0.1, 0.15) is 5.82 Å². The first-order valence-electron chi connectivity index (χ1n) is 4.89. The molecule has 1 aliphatic rings. The van der Waals surface area contributed by atoms with E-state index in [0.29, 0.717) is 6.54 Å². The number of nitrogens with zero attached hydrogens (tertiary/aromatic N) is 1. The Morgan fingerprint density at radius 1 is 1.64 bits per heavy atom. The third-order valence-electron chi connectivity index (χ3n) is 2.72. The zero-order chi connectivity index (χ0) is 10.2. The monoisotopic (exact) mass is 193 g/mol. The van der Waals surface area contributed by atoms with Crippen molar-refractivity contribution >= 4 is 0 Å². The zero-order valence-electron chi connectivity index (χ0n) is 8.55. The van der Waals surface area contributed by atoms with Crippen LogP contribution in [0.1, 0.15) is 31.3 Å². The van der Waals surface area contributed by atoms with Crippen molar-refractivity contribution in [1.82, 2.24) is 15.3 Å². The first kappa shape index (κ1) is 9.40. The second-order valence-electron chi connectivity index (χ2n) is 4.18. The van der Waals surface area contributed by atoms with E-state index in [1.807, 2.05) is 7.05 Å². The van der Waals surface area contributed by atoms with E-state index in [1.54, 1.807) is 6.07 Å². The van der Waals surface area contributed by atoms with Gasteiger partial charge in [-0.3, -0.25) is 4.79 Å². The molecular formula is C10H15N3O. The first-order chi connectivity index (χ1) is 6.64. The minimum atomic E-state index is -0.0478. The molecule has 2 rings (SSSR count). The number of nitrogens with one attached hydrogen (secondary N) is 2. The highest BCUT2D eigenvalue weighted by Crippen LogP contribution is 2.45. The number of hydrogen-bond acceptors (Lipinski definition) is 3. The highest BCUT2D eigenvalue weighted by atomic mass is 16.1. The quantitative estimate of drug-likeness (QED) is 0.736. The van der Waals surface area contributed by atoms with Crippen LogP contribution in [-0.2, 0) is 12.0 Å². The average molecular weight is 193 g/mol. The summed E-state index contributed by atoms with van der Waals surface area (Å²) in [6.45, 7) is 2.78. The molecular weight excluding hydrogens is 178 g/mol.